The van der Waals surface area contributed by atoms with Crippen LogP contribution in [0.2, 0.25) is 0 Å². The van der Waals surface area contributed by atoms with Gasteiger partial charge in [0, 0.05) is 17.7 Å². The summed E-state index contributed by atoms with van der Waals surface area (Å²) in [5.41, 5.74) is 5.93. The molecule has 128 valence electrons. The third kappa shape index (κ3) is 3.74. The first-order valence-corrected chi connectivity index (χ1v) is 7.71. The Morgan fingerprint density at radius 2 is 1.84 bits per heavy atom. The maximum atomic E-state index is 12.4. The predicted molar refractivity (Wildman–Crippen MR) is 92.4 cm³/mol. The SMILES string of the molecule is Nc1ccc(C(=O)Nc2ccccc2C(=O)NC2CC2)cc1[N+](=O)[O-]. The van der Waals surface area contributed by atoms with Gasteiger partial charge in [-0.25, -0.2) is 0 Å². The van der Waals surface area contributed by atoms with Crippen molar-refractivity contribution in [1.29, 1.82) is 0 Å². The molecule has 2 aromatic rings. The van der Waals surface area contributed by atoms with Gasteiger partial charge in [-0.3, -0.25) is 19.7 Å². The van der Waals surface area contributed by atoms with Crippen molar-refractivity contribution in [2.45, 2.75) is 18.9 Å². The number of carbonyl (C=O) groups is 2. The Morgan fingerprint density at radius 1 is 1.12 bits per heavy atom. The van der Waals surface area contributed by atoms with Crippen LogP contribution in [0.3, 0.4) is 0 Å². The Hall–Kier alpha value is -3.42. The topological polar surface area (TPSA) is 127 Å². The van der Waals surface area contributed by atoms with Gasteiger partial charge in [0.05, 0.1) is 16.2 Å². The third-order valence-electron chi connectivity index (χ3n) is 3.82. The molecule has 1 aliphatic rings. The second-order valence-corrected chi connectivity index (χ2v) is 5.78. The van der Waals surface area contributed by atoms with Crippen molar-refractivity contribution in [3.8, 4) is 0 Å². The molecule has 0 aliphatic heterocycles. The lowest BCUT2D eigenvalue weighted by Crippen LogP contribution is -2.27. The molecule has 0 bridgehead atoms. The normalized spacial score (nSPS) is 13.1. The van der Waals surface area contributed by atoms with E-state index in [9.17, 15) is 19.7 Å². The highest BCUT2D eigenvalue weighted by molar-refractivity contribution is 6.09. The van der Waals surface area contributed by atoms with Gasteiger partial charge in [0.2, 0.25) is 0 Å². The van der Waals surface area contributed by atoms with Crippen LogP contribution in [0, 0.1) is 10.1 Å². The highest BCUT2D eigenvalue weighted by Gasteiger charge is 2.25. The molecule has 0 radical (unpaired) electrons. The van der Waals surface area contributed by atoms with Gasteiger partial charge in [0.25, 0.3) is 17.5 Å². The van der Waals surface area contributed by atoms with Gasteiger partial charge in [0.1, 0.15) is 5.69 Å². The molecule has 0 unspecified atom stereocenters. The van der Waals surface area contributed by atoms with Gasteiger partial charge < -0.3 is 16.4 Å². The van der Waals surface area contributed by atoms with Crippen LogP contribution in [0.15, 0.2) is 42.5 Å². The molecule has 8 nitrogen and oxygen atoms in total. The summed E-state index contributed by atoms with van der Waals surface area (Å²) in [5, 5.41) is 16.4. The van der Waals surface area contributed by atoms with Gasteiger partial charge in [-0.2, -0.15) is 0 Å². The standard InChI is InChI=1S/C17H16N4O4/c18-13-8-5-10(9-15(13)21(24)25)16(22)20-14-4-2-1-3-12(14)17(23)19-11-6-7-11/h1-5,8-9,11H,6-7,18H2,(H,19,23)(H,20,22). The molecule has 8 heteroatoms. The number of carbonyl (C=O) groups excluding carboxylic acids is 2. The first-order chi connectivity index (χ1) is 12.0. The number of hydrogen-bond donors (Lipinski definition) is 3. The van der Waals surface area contributed by atoms with Gasteiger partial charge in [-0.15, -0.1) is 0 Å². The first-order valence-electron chi connectivity index (χ1n) is 7.71. The van der Waals surface area contributed by atoms with Gasteiger partial charge in [-0.05, 0) is 37.1 Å². The van der Waals surface area contributed by atoms with Crippen LogP contribution < -0.4 is 16.4 Å². The van der Waals surface area contributed by atoms with E-state index in [1.807, 2.05) is 0 Å². The average molecular weight is 340 g/mol. The van der Waals surface area contributed by atoms with E-state index in [4.69, 9.17) is 5.73 Å². The van der Waals surface area contributed by atoms with Crippen molar-refractivity contribution in [3.05, 3.63) is 63.7 Å². The van der Waals surface area contributed by atoms with Crippen LogP contribution in [0.1, 0.15) is 33.6 Å². The van der Waals surface area contributed by atoms with E-state index in [2.05, 4.69) is 10.6 Å². The largest absolute Gasteiger partial charge is 0.393 e. The molecule has 0 spiro atoms. The molecule has 2 amide bonds. The number of para-hydroxylation sites is 1. The number of anilines is 2. The van der Waals surface area contributed by atoms with E-state index in [1.54, 1.807) is 24.3 Å². The van der Waals surface area contributed by atoms with Crippen LogP contribution in [0.25, 0.3) is 0 Å². The number of rotatable bonds is 5. The Kier molecular flexibility index (Phi) is 4.34. The summed E-state index contributed by atoms with van der Waals surface area (Å²) in [6, 6.07) is 10.6. The Morgan fingerprint density at radius 3 is 2.52 bits per heavy atom. The average Bonchev–Trinajstić information content (AvgIpc) is 3.39. The molecule has 0 aromatic heterocycles. The van der Waals surface area contributed by atoms with Crippen molar-refractivity contribution in [2.75, 3.05) is 11.1 Å². The monoisotopic (exact) mass is 340 g/mol. The second kappa shape index (κ2) is 6.60. The van der Waals surface area contributed by atoms with Gasteiger partial charge in [-0.1, -0.05) is 12.1 Å². The number of nitrogens with one attached hydrogen (secondary N) is 2. The number of nitro groups is 1. The maximum absolute atomic E-state index is 12.4. The summed E-state index contributed by atoms with van der Waals surface area (Å²) in [4.78, 5) is 35.0. The molecule has 3 rings (SSSR count). The molecule has 4 N–H and O–H groups in total. The summed E-state index contributed by atoms with van der Waals surface area (Å²) in [6.45, 7) is 0. The van der Waals surface area contributed by atoms with Crippen LogP contribution in [0.4, 0.5) is 17.1 Å². The van der Waals surface area contributed by atoms with Crippen LogP contribution in [-0.4, -0.2) is 22.8 Å². The van der Waals surface area contributed by atoms with Crippen LogP contribution in [0.5, 0.6) is 0 Å². The fraction of sp³-hybridized carbons (Fsp3) is 0.176. The lowest BCUT2D eigenvalue weighted by atomic mass is 10.1. The lowest BCUT2D eigenvalue weighted by Gasteiger charge is -2.11. The van der Waals surface area contributed by atoms with E-state index in [0.29, 0.717) is 11.3 Å². The van der Waals surface area contributed by atoms with E-state index >= 15 is 0 Å². The Balaban J connectivity index is 1.82. The molecule has 1 aliphatic carbocycles. The van der Waals surface area contributed by atoms with E-state index in [-0.39, 0.29) is 28.9 Å². The number of amides is 2. The van der Waals surface area contributed by atoms with Crippen molar-refractivity contribution < 1.29 is 14.5 Å². The quantitative estimate of drug-likeness (QED) is 0.437. The molecule has 2 aromatic carbocycles. The number of nitro benzene ring substituents is 1. The van der Waals surface area contributed by atoms with E-state index in [0.717, 1.165) is 18.9 Å². The molecular weight excluding hydrogens is 324 g/mol. The molecule has 0 saturated heterocycles. The van der Waals surface area contributed by atoms with Crippen molar-refractivity contribution in [2.24, 2.45) is 0 Å². The third-order valence-corrected chi connectivity index (χ3v) is 3.82. The summed E-state index contributed by atoms with van der Waals surface area (Å²) in [7, 11) is 0. The zero-order chi connectivity index (χ0) is 18.0. The predicted octanol–water partition coefficient (Wildman–Crippen LogP) is 2.32. The zero-order valence-corrected chi connectivity index (χ0v) is 13.2. The van der Waals surface area contributed by atoms with Crippen LogP contribution in [-0.2, 0) is 0 Å². The van der Waals surface area contributed by atoms with Gasteiger partial charge in [0.15, 0.2) is 0 Å². The Bertz CT molecular complexity index is 861. The summed E-state index contributed by atoms with van der Waals surface area (Å²) in [5.74, 6) is -0.823. The molecule has 0 heterocycles. The van der Waals surface area contributed by atoms with Gasteiger partial charge >= 0.3 is 0 Å². The highest BCUT2D eigenvalue weighted by atomic mass is 16.6. The van der Waals surface area contributed by atoms with E-state index < -0.39 is 10.8 Å². The number of benzene rings is 2. The lowest BCUT2D eigenvalue weighted by molar-refractivity contribution is -0.383. The second-order valence-electron chi connectivity index (χ2n) is 5.78. The minimum absolute atomic E-state index is 0.0224. The summed E-state index contributed by atoms with van der Waals surface area (Å²) in [6.07, 6.45) is 1.91. The van der Waals surface area contributed by atoms with Crippen molar-refractivity contribution >= 4 is 28.9 Å². The fourth-order valence-corrected chi connectivity index (χ4v) is 2.32. The number of nitrogens with zero attached hydrogens (tertiary/aromatic N) is 1. The molecular formula is C17H16N4O4. The maximum Gasteiger partial charge on any atom is 0.292 e. The summed E-state index contributed by atoms with van der Waals surface area (Å²) < 4.78 is 0. The van der Waals surface area contributed by atoms with Crippen molar-refractivity contribution in [3.63, 3.8) is 0 Å². The molecule has 1 saturated carbocycles. The number of nitrogens with two attached hydrogens (primary N) is 1. The first kappa shape index (κ1) is 16.4. The van der Waals surface area contributed by atoms with Crippen LogP contribution >= 0.6 is 0 Å². The minimum Gasteiger partial charge on any atom is -0.393 e. The summed E-state index contributed by atoms with van der Waals surface area (Å²) >= 11 is 0. The van der Waals surface area contributed by atoms with E-state index in [1.165, 1.54) is 12.1 Å². The smallest absolute Gasteiger partial charge is 0.292 e. The fourth-order valence-electron chi connectivity index (χ4n) is 2.32. The molecule has 25 heavy (non-hydrogen) atoms. The molecule has 0 atom stereocenters. The van der Waals surface area contributed by atoms with Crippen molar-refractivity contribution in [1.82, 2.24) is 5.32 Å². The molecule has 1 fully saturated rings. The highest BCUT2D eigenvalue weighted by Crippen LogP contribution is 2.24. The number of nitrogen functional groups attached to an aromatic ring is 1. The minimum atomic E-state index is -0.650. The Labute approximate surface area is 143 Å². The zero-order valence-electron chi connectivity index (χ0n) is 13.2. The number of hydrogen-bond acceptors (Lipinski definition) is 5.